The molecule has 0 aliphatic carbocycles. The lowest BCUT2D eigenvalue weighted by molar-refractivity contribution is -0.139. The van der Waals surface area contributed by atoms with Crippen molar-refractivity contribution in [1.82, 2.24) is 9.78 Å². The van der Waals surface area contributed by atoms with E-state index in [1.165, 1.54) is 26.4 Å². The second-order valence-corrected chi connectivity index (χ2v) is 7.78. The highest BCUT2D eigenvalue weighted by Crippen LogP contribution is 2.41. The van der Waals surface area contributed by atoms with Gasteiger partial charge in [0.1, 0.15) is 17.3 Å². The first-order chi connectivity index (χ1) is 17.4. The zero-order chi connectivity index (χ0) is 25.7. The molecule has 9 heteroatoms. The third kappa shape index (κ3) is 5.25. The van der Waals surface area contributed by atoms with Crippen molar-refractivity contribution >= 4 is 5.97 Å². The molecule has 8 nitrogen and oxygen atoms in total. The summed E-state index contributed by atoms with van der Waals surface area (Å²) in [5.41, 5.74) is 3.38. The van der Waals surface area contributed by atoms with E-state index < -0.39 is 12.6 Å². The van der Waals surface area contributed by atoms with E-state index in [0.717, 1.165) is 16.8 Å². The van der Waals surface area contributed by atoms with Gasteiger partial charge in [-0.1, -0.05) is 18.2 Å². The maximum atomic E-state index is 13.6. The molecule has 0 bridgehead atoms. The topological polar surface area (TPSA) is 92.0 Å². The fourth-order valence-electron chi connectivity index (χ4n) is 3.84. The van der Waals surface area contributed by atoms with Crippen LogP contribution in [0, 0.1) is 5.82 Å². The van der Waals surface area contributed by atoms with Crippen LogP contribution in [0.4, 0.5) is 4.39 Å². The maximum absolute atomic E-state index is 13.6. The quantitative estimate of drug-likeness (QED) is 0.337. The molecule has 0 fully saturated rings. The number of hydrogen-bond acceptors (Lipinski definition) is 6. The molecule has 0 radical (unpaired) electrons. The average Bonchev–Trinajstić information content (AvgIpc) is 3.31. The molecule has 0 saturated carbocycles. The molecule has 0 unspecified atom stereocenters. The molecule has 4 aromatic rings. The van der Waals surface area contributed by atoms with Gasteiger partial charge in [0.25, 0.3) is 0 Å². The first kappa shape index (κ1) is 24.6. The number of halogens is 1. The van der Waals surface area contributed by atoms with Gasteiger partial charge >= 0.3 is 5.97 Å². The molecule has 0 amide bonds. The summed E-state index contributed by atoms with van der Waals surface area (Å²) in [6, 6.07) is 18.8. The minimum Gasteiger partial charge on any atom is -0.496 e. The number of carboxylic acids is 1. The van der Waals surface area contributed by atoms with Crippen molar-refractivity contribution in [3.05, 3.63) is 78.1 Å². The smallest absolute Gasteiger partial charge is 0.341 e. The Morgan fingerprint density at radius 2 is 1.56 bits per heavy atom. The Morgan fingerprint density at radius 1 is 0.889 bits per heavy atom. The van der Waals surface area contributed by atoms with Gasteiger partial charge in [-0.15, -0.1) is 0 Å². The Morgan fingerprint density at radius 3 is 2.22 bits per heavy atom. The van der Waals surface area contributed by atoms with Gasteiger partial charge < -0.3 is 24.1 Å². The van der Waals surface area contributed by atoms with Gasteiger partial charge in [0.2, 0.25) is 0 Å². The van der Waals surface area contributed by atoms with Crippen LogP contribution < -0.4 is 18.9 Å². The summed E-state index contributed by atoms with van der Waals surface area (Å²) in [5, 5.41) is 14.0. The lowest BCUT2D eigenvalue weighted by Crippen LogP contribution is -2.10. The van der Waals surface area contributed by atoms with Crippen molar-refractivity contribution in [3.8, 4) is 45.5 Å². The largest absolute Gasteiger partial charge is 0.496 e. The van der Waals surface area contributed by atoms with Crippen LogP contribution in [0.5, 0.6) is 23.0 Å². The third-order valence-corrected chi connectivity index (χ3v) is 5.55. The number of rotatable bonds is 10. The summed E-state index contributed by atoms with van der Waals surface area (Å²) in [6.45, 7) is -0.176. The number of nitrogens with zero attached hydrogens (tertiary/aromatic N) is 2. The molecule has 1 aromatic heterocycles. The SMILES string of the molecule is COc1ccccc1Cn1nc(-c2cc(OC)c(OC)cc2OCC(=O)O)cc1-c1ccc(F)cc1. The lowest BCUT2D eigenvalue weighted by atomic mass is 10.1. The Balaban J connectivity index is 1.87. The van der Waals surface area contributed by atoms with Crippen molar-refractivity contribution in [1.29, 1.82) is 0 Å². The van der Waals surface area contributed by atoms with Crippen molar-refractivity contribution in [2.45, 2.75) is 6.54 Å². The standard InChI is InChI=1S/C27H25FN2O6/c1-33-23-7-5-4-6-18(23)15-30-22(17-8-10-19(28)11-9-17)13-21(29-30)20-12-25(34-2)26(35-3)14-24(20)36-16-27(31)32/h4-14H,15-16H2,1-3H3,(H,31,32). The van der Waals surface area contributed by atoms with Crippen LogP contribution in [0.25, 0.3) is 22.5 Å². The molecule has 1 N–H and O–H groups in total. The minimum absolute atomic E-state index is 0.266. The maximum Gasteiger partial charge on any atom is 0.341 e. The number of carboxylic acid groups (broad SMARTS) is 1. The zero-order valence-corrected chi connectivity index (χ0v) is 20.0. The number of methoxy groups -OCH3 is 3. The number of benzene rings is 3. The predicted octanol–water partition coefficient (Wildman–Crippen LogP) is 4.89. The van der Waals surface area contributed by atoms with Crippen molar-refractivity contribution < 1.29 is 33.2 Å². The Kier molecular flexibility index (Phi) is 7.39. The number of para-hydroxylation sites is 1. The summed E-state index contributed by atoms with van der Waals surface area (Å²) in [6.07, 6.45) is 0. The molecule has 0 aliphatic rings. The van der Waals surface area contributed by atoms with E-state index in [1.807, 2.05) is 30.3 Å². The van der Waals surface area contributed by atoms with Crippen LogP contribution in [-0.2, 0) is 11.3 Å². The summed E-state index contributed by atoms with van der Waals surface area (Å²) in [5.74, 6) is 0.314. The number of ether oxygens (including phenoxy) is 4. The first-order valence-corrected chi connectivity index (χ1v) is 11.0. The van der Waals surface area contributed by atoms with E-state index >= 15 is 0 Å². The molecule has 0 saturated heterocycles. The summed E-state index contributed by atoms with van der Waals surface area (Å²) < 4.78 is 37.3. The van der Waals surface area contributed by atoms with Gasteiger partial charge in [-0.3, -0.25) is 4.68 Å². The van der Waals surface area contributed by atoms with Gasteiger partial charge in [-0.05, 0) is 42.5 Å². The third-order valence-electron chi connectivity index (χ3n) is 5.55. The second kappa shape index (κ2) is 10.8. The molecular formula is C27H25FN2O6. The van der Waals surface area contributed by atoms with Gasteiger partial charge in [0, 0.05) is 22.8 Å². The van der Waals surface area contributed by atoms with E-state index in [4.69, 9.17) is 29.2 Å². The van der Waals surface area contributed by atoms with Crippen LogP contribution in [-0.4, -0.2) is 48.8 Å². The van der Waals surface area contributed by atoms with Gasteiger partial charge in [0.05, 0.1) is 39.3 Å². The first-order valence-electron chi connectivity index (χ1n) is 11.0. The van der Waals surface area contributed by atoms with Gasteiger partial charge in [-0.25, -0.2) is 9.18 Å². The number of aliphatic carboxylic acids is 1. The normalized spacial score (nSPS) is 10.7. The van der Waals surface area contributed by atoms with Crippen molar-refractivity contribution in [3.63, 3.8) is 0 Å². The number of carbonyl (C=O) groups is 1. The van der Waals surface area contributed by atoms with Crippen LogP contribution in [0.1, 0.15) is 5.56 Å². The monoisotopic (exact) mass is 492 g/mol. The second-order valence-electron chi connectivity index (χ2n) is 7.78. The van der Waals surface area contributed by atoms with E-state index in [1.54, 1.807) is 36.1 Å². The van der Waals surface area contributed by atoms with Crippen molar-refractivity contribution in [2.75, 3.05) is 27.9 Å². The highest BCUT2D eigenvalue weighted by molar-refractivity contribution is 5.76. The van der Waals surface area contributed by atoms with Gasteiger partial charge in [0.15, 0.2) is 18.1 Å². The summed E-state index contributed by atoms with van der Waals surface area (Å²) in [4.78, 5) is 11.2. The fraction of sp³-hybridized carbons (Fsp3) is 0.185. The minimum atomic E-state index is -1.12. The highest BCUT2D eigenvalue weighted by atomic mass is 19.1. The fourth-order valence-corrected chi connectivity index (χ4v) is 3.84. The average molecular weight is 493 g/mol. The summed E-state index contributed by atoms with van der Waals surface area (Å²) in [7, 11) is 4.58. The van der Waals surface area contributed by atoms with E-state index in [2.05, 4.69) is 0 Å². The van der Waals surface area contributed by atoms with E-state index in [0.29, 0.717) is 35.1 Å². The van der Waals surface area contributed by atoms with Crippen LogP contribution in [0.15, 0.2) is 66.7 Å². The molecule has 186 valence electrons. The van der Waals surface area contributed by atoms with Crippen LogP contribution in [0.2, 0.25) is 0 Å². The van der Waals surface area contributed by atoms with Crippen LogP contribution >= 0.6 is 0 Å². The van der Waals surface area contributed by atoms with E-state index in [9.17, 15) is 9.18 Å². The van der Waals surface area contributed by atoms with Crippen LogP contribution in [0.3, 0.4) is 0 Å². The molecule has 0 spiro atoms. The molecule has 4 rings (SSSR count). The molecule has 1 heterocycles. The Hall–Kier alpha value is -4.53. The molecule has 36 heavy (non-hydrogen) atoms. The zero-order valence-electron chi connectivity index (χ0n) is 20.0. The van der Waals surface area contributed by atoms with E-state index in [-0.39, 0.29) is 11.6 Å². The number of hydrogen-bond donors (Lipinski definition) is 1. The molecular weight excluding hydrogens is 467 g/mol. The summed E-state index contributed by atoms with van der Waals surface area (Å²) >= 11 is 0. The molecule has 0 aliphatic heterocycles. The molecule has 3 aromatic carbocycles. The van der Waals surface area contributed by atoms with Gasteiger partial charge in [-0.2, -0.15) is 5.10 Å². The lowest BCUT2D eigenvalue weighted by Gasteiger charge is -2.14. The van der Waals surface area contributed by atoms with Crippen molar-refractivity contribution in [2.24, 2.45) is 0 Å². The highest BCUT2D eigenvalue weighted by Gasteiger charge is 2.20. The Bertz CT molecular complexity index is 1370. The predicted molar refractivity (Wildman–Crippen MR) is 131 cm³/mol. The Labute approximate surface area is 207 Å². The molecule has 0 atom stereocenters. The number of aromatic nitrogens is 2.